The van der Waals surface area contributed by atoms with Crippen molar-refractivity contribution >= 4 is 29.9 Å². The van der Waals surface area contributed by atoms with Gasteiger partial charge in [0.2, 0.25) is 0 Å². The summed E-state index contributed by atoms with van der Waals surface area (Å²) in [5.74, 6) is 7.19. The summed E-state index contributed by atoms with van der Waals surface area (Å²) in [7, 11) is 0. The molecule has 0 unspecified atom stereocenters. The number of aliphatic imine (C=N–C) groups is 1. The van der Waals surface area contributed by atoms with Crippen molar-refractivity contribution in [1.29, 1.82) is 0 Å². The molecular formula is C22H27F3IN5O. The molecule has 0 spiro atoms. The van der Waals surface area contributed by atoms with Gasteiger partial charge in [0.25, 0.3) is 0 Å². The monoisotopic (exact) mass is 561 g/mol. The molecule has 2 aromatic rings. The molecule has 1 aliphatic heterocycles. The van der Waals surface area contributed by atoms with Gasteiger partial charge in [-0.05, 0) is 32.0 Å². The summed E-state index contributed by atoms with van der Waals surface area (Å²) in [4.78, 5) is 9.00. The number of aromatic nitrogens is 1. The lowest BCUT2D eigenvalue weighted by atomic mass is 10.1. The van der Waals surface area contributed by atoms with Crippen LogP contribution in [0.2, 0.25) is 0 Å². The Bertz CT molecular complexity index is 956. The van der Waals surface area contributed by atoms with E-state index < -0.39 is 11.7 Å². The molecule has 1 aliphatic rings. The van der Waals surface area contributed by atoms with Gasteiger partial charge in [-0.25, -0.2) is 4.99 Å². The highest BCUT2D eigenvalue weighted by Crippen LogP contribution is 2.29. The molecule has 1 aromatic heterocycles. The maximum Gasteiger partial charge on any atom is 0.416 e. The summed E-state index contributed by atoms with van der Waals surface area (Å²) < 4.78 is 43.5. The Morgan fingerprint density at radius 3 is 2.59 bits per heavy atom. The fraction of sp³-hybridized carbons (Fsp3) is 0.455. The highest BCUT2D eigenvalue weighted by Gasteiger charge is 2.30. The molecule has 1 N–H and O–H groups in total. The summed E-state index contributed by atoms with van der Waals surface area (Å²) in [5, 5.41) is 7.30. The van der Waals surface area contributed by atoms with Crippen molar-refractivity contribution in [3.63, 3.8) is 0 Å². The van der Waals surface area contributed by atoms with Crippen LogP contribution in [0, 0.1) is 18.8 Å². The number of benzene rings is 1. The molecule has 3 rings (SSSR count). The van der Waals surface area contributed by atoms with Crippen LogP contribution < -0.4 is 5.32 Å². The second kappa shape index (κ2) is 12.1. The third kappa shape index (κ3) is 7.70. The number of guanidine groups is 1. The van der Waals surface area contributed by atoms with E-state index in [0.29, 0.717) is 5.56 Å². The largest absolute Gasteiger partial charge is 0.416 e. The molecule has 10 heteroatoms. The maximum atomic E-state index is 12.8. The van der Waals surface area contributed by atoms with E-state index in [1.165, 1.54) is 6.07 Å². The fourth-order valence-electron chi connectivity index (χ4n) is 3.29. The van der Waals surface area contributed by atoms with E-state index in [1.54, 1.807) is 6.07 Å². The van der Waals surface area contributed by atoms with Gasteiger partial charge in [0.15, 0.2) is 5.96 Å². The van der Waals surface area contributed by atoms with Crippen LogP contribution >= 0.6 is 24.0 Å². The first-order chi connectivity index (χ1) is 14.8. The number of piperazine rings is 1. The number of alkyl halides is 3. The smallest absolute Gasteiger partial charge is 0.361 e. The number of aryl methyl sites for hydroxylation is 1. The Kier molecular flexibility index (Phi) is 9.84. The van der Waals surface area contributed by atoms with Crippen LogP contribution in [0.25, 0.3) is 0 Å². The van der Waals surface area contributed by atoms with Crippen molar-refractivity contribution in [2.24, 2.45) is 4.99 Å². The number of rotatable bonds is 4. The second-order valence-corrected chi connectivity index (χ2v) is 7.24. The molecule has 1 saturated heterocycles. The Morgan fingerprint density at radius 1 is 1.22 bits per heavy atom. The zero-order chi connectivity index (χ0) is 22.3. The van der Waals surface area contributed by atoms with Gasteiger partial charge in [-0.15, -0.1) is 24.0 Å². The zero-order valence-electron chi connectivity index (χ0n) is 18.1. The summed E-state index contributed by atoms with van der Waals surface area (Å²) in [6.07, 6.45) is -4.37. The third-order valence-corrected chi connectivity index (χ3v) is 4.80. The molecule has 0 saturated carbocycles. The minimum absolute atomic E-state index is 0. The van der Waals surface area contributed by atoms with Crippen molar-refractivity contribution in [1.82, 2.24) is 20.3 Å². The van der Waals surface area contributed by atoms with E-state index in [1.807, 2.05) is 19.9 Å². The number of nitrogens with one attached hydrogen (secondary N) is 1. The molecule has 0 bridgehead atoms. The fourth-order valence-corrected chi connectivity index (χ4v) is 3.29. The quantitative estimate of drug-likeness (QED) is 0.267. The molecule has 0 radical (unpaired) electrons. The van der Waals surface area contributed by atoms with Crippen LogP contribution in [0.5, 0.6) is 0 Å². The minimum atomic E-state index is -4.37. The van der Waals surface area contributed by atoms with Gasteiger partial charge in [-0.1, -0.05) is 23.1 Å². The lowest BCUT2D eigenvalue weighted by Gasteiger charge is -2.36. The van der Waals surface area contributed by atoms with E-state index in [0.717, 1.165) is 68.8 Å². The first-order valence-corrected chi connectivity index (χ1v) is 10.2. The average Bonchev–Trinajstić information content (AvgIpc) is 3.15. The third-order valence-electron chi connectivity index (χ3n) is 4.80. The van der Waals surface area contributed by atoms with Gasteiger partial charge in [0.05, 0.1) is 11.3 Å². The Morgan fingerprint density at radius 2 is 1.97 bits per heavy atom. The lowest BCUT2D eigenvalue weighted by molar-refractivity contribution is -0.137. The Hall–Kier alpha value is -2.26. The van der Waals surface area contributed by atoms with Crippen LogP contribution in [0.4, 0.5) is 13.2 Å². The second-order valence-electron chi connectivity index (χ2n) is 7.24. The van der Waals surface area contributed by atoms with Crippen LogP contribution in [0.3, 0.4) is 0 Å². The molecule has 0 aliphatic carbocycles. The summed E-state index contributed by atoms with van der Waals surface area (Å²) in [6.45, 7) is 8.90. The van der Waals surface area contributed by atoms with E-state index in [2.05, 4.69) is 37.1 Å². The van der Waals surface area contributed by atoms with Crippen molar-refractivity contribution < 1.29 is 17.7 Å². The molecule has 6 nitrogen and oxygen atoms in total. The van der Waals surface area contributed by atoms with E-state index in [9.17, 15) is 13.2 Å². The number of hydrogen-bond acceptors (Lipinski definition) is 4. The minimum Gasteiger partial charge on any atom is -0.361 e. The van der Waals surface area contributed by atoms with Crippen LogP contribution in [0.1, 0.15) is 29.5 Å². The summed E-state index contributed by atoms with van der Waals surface area (Å²) in [6, 6.07) is 6.96. The van der Waals surface area contributed by atoms with Crippen LogP contribution in [-0.2, 0) is 12.7 Å². The highest BCUT2D eigenvalue weighted by atomic mass is 127. The molecule has 32 heavy (non-hydrogen) atoms. The van der Waals surface area contributed by atoms with Gasteiger partial charge in [-0.2, -0.15) is 13.2 Å². The van der Waals surface area contributed by atoms with Crippen LogP contribution in [-0.4, -0.2) is 60.2 Å². The van der Waals surface area contributed by atoms with Crippen molar-refractivity contribution in [2.75, 3.05) is 39.3 Å². The van der Waals surface area contributed by atoms with Gasteiger partial charge < -0.3 is 14.7 Å². The first-order valence-electron chi connectivity index (χ1n) is 10.2. The zero-order valence-corrected chi connectivity index (χ0v) is 20.4. The molecule has 0 atom stereocenters. The molecule has 0 amide bonds. The standard InChI is InChI=1S/C22H26F3N5O.HI/c1-3-26-21(27-9-5-7-18-6-4-8-19(15-18)22(23,24)25)30-12-10-29(11-13-30)16-20-14-17(2)31-28-20;/h4,6,8,14-15H,3,9-13,16H2,1-2H3,(H,26,27);1H. The van der Waals surface area contributed by atoms with E-state index in [-0.39, 0.29) is 30.5 Å². The predicted octanol–water partition coefficient (Wildman–Crippen LogP) is 3.75. The first kappa shape index (κ1) is 26.0. The molecule has 1 fully saturated rings. The SMILES string of the molecule is CCNC(=NCC#Cc1cccc(C(F)(F)F)c1)N1CCN(Cc2cc(C)on2)CC1.I. The Labute approximate surface area is 203 Å². The van der Waals surface area contributed by atoms with E-state index >= 15 is 0 Å². The highest BCUT2D eigenvalue weighted by molar-refractivity contribution is 14.0. The van der Waals surface area contributed by atoms with Crippen molar-refractivity contribution in [3.8, 4) is 11.8 Å². The normalized spacial score (nSPS) is 15.0. The molecule has 1 aromatic carbocycles. The van der Waals surface area contributed by atoms with Crippen LogP contribution in [0.15, 0.2) is 39.8 Å². The Balaban J connectivity index is 0.00000363. The molecule has 2 heterocycles. The average molecular weight is 561 g/mol. The number of nitrogens with zero attached hydrogens (tertiary/aromatic N) is 4. The summed E-state index contributed by atoms with van der Waals surface area (Å²) in [5.41, 5.74) is 0.554. The predicted molar refractivity (Wildman–Crippen MR) is 128 cm³/mol. The maximum absolute atomic E-state index is 12.8. The topological polar surface area (TPSA) is 56.9 Å². The van der Waals surface area contributed by atoms with Gasteiger partial charge in [-0.3, -0.25) is 4.90 Å². The van der Waals surface area contributed by atoms with Crippen molar-refractivity contribution in [3.05, 3.63) is 52.9 Å². The van der Waals surface area contributed by atoms with Gasteiger partial charge in [0.1, 0.15) is 12.3 Å². The summed E-state index contributed by atoms with van der Waals surface area (Å²) >= 11 is 0. The molecular weight excluding hydrogens is 534 g/mol. The van der Waals surface area contributed by atoms with Gasteiger partial charge in [0, 0.05) is 50.9 Å². The number of hydrogen-bond donors (Lipinski definition) is 1. The lowest BCUT2D eigenvalue weighted by Crippen LogP contribution is -2.52. The van der Waals surface area contributed by atoms with Crippen molar-refractivity contribution in [2.45, 2.75) is 26.6 Å². The van der Waals surface area contributed by atoms with E-state index in [4.69, 9.17) is 4.52 Å². The molecule has 174 valence electrons. The van der Waals surface area contributed by atoms with Gasteiger partial charge >= 0.3 is 6.18 Å². The number of halogens is 4.